The Hall–Kier alpha value is -1.39. The van der Waals surface area contributed by atoms with Gasteiger partial charge in [0.1, 0.15) is 0 Å². The van der Waals surface area contributed by atoms with Gasteiger partial charge in [0, 0.05) is 11.8 Å². The van der Waals surface area contributed by atoms with Crippen LogP contribution in [0.4, 0.5) is 8.78 Å². The molecule has 0 amide bonds. The highest BCUT2D eigenvalue weighted by molar-refractivity contribution is 5.41. The van der Waals surface area contributed by atoms with Crippen molar-refractivity contribution in [3.05, 3.63) is 18.0 Å². The Kier molecular flexibility index (Phi) is 2.25. The molecule has 1 aliphatic rings. The van der Waals surface area contributed by atoms with Crippen LogP contribution < -0.4 is 9.47 Å². The molecule has 0 N–H and O–H groups in total. The van der Waals surface area contributed by atoms with Crippen LogP contribution in [0.3, 0.4) is 0 Å². The highest BCUT2D eigenvalue weighted by atomic mass is 19.3. The number of hydrogen-bond donors (Lipinski definition) is 0. The van der Waals surface area contributed by atoms with E-state index in [1.807, 2.05) is 13.8 Å². The first-order valence-electron chi connectivity index (χ1n) is 4.67. The van der Waals surface area contributed by atoms with Crippen molar-refractivity contribution in [1.82, 2.24) is 4.98 Å². The normalized spacial score (nSPS) is 17.9. The first-order chi connectivity index (χ1) is 6.98. The number of aromatic nitrogens is 1. The van der Waals surface area contributed by atoms with Crippen molar-refractivity contribution in [2.45, 2.75) is 25.9 Å². The molecule has 0 spiro atoms. The van der Waals surface area contributed by atoms with E-state index in [9.17, 15) is 8.78 Å². The van der Waals surface area contributed by atoms with Gasteiger partial charge in [-0.05, 0) is 5.92 Å². The van der Waals surface area contributed by atoms with E-state index in [-0.39, 0.29) is 11.7 Å². The lowest BCUT2D eigenvalue weighted by molar-refractivity contribution is -0.209. The van der Waals surface area contributed by atoms with Gasteiger partial charge in [-0.3, -0.25) is 4.98 Å². The summed E-state index contributed by atoms with van der Waals surface area (Å²) < 4.78 is 34.9. The van der Waals surface area contributed by atoms with E-state index in [0.29, 0.717) is 5.75 Å². The third kappa shape index (κ3) is 2.00. The van der Waals surface area contributed by atoms with Crippen molar-refractivity contribution in [2.24, 2.45) is 0 Å². The van der Waals surface area contributed by atoms with Crippen LogP contribution in [0.5, 0.6) is 11.5 Å². The second-order valence-corrected chi connectivity index (χ2v) is 3.74. The van der Waals surface area contributed by atoms with Crippen molar-refractivity contribution in [3.8, 4) is 11.5 Å². The lowest BCUT2D eigenvalue weighted by Crippen LogP contribution is -2.36. The number of rotatable bonds is 1. The van der Waals surface area contributed by atoms with Crippen LogP contribution in [0.1, 0.15) is 25.5 Å². The van der Waals surface area contributed by atoms with Crippen LogP contribution >= 0.6 is 0 Å². The maximum atomic E-state index is 12.8. The van der Waals surface area contributed by atoms with Crippen LogP contribution in [-0.4, -0.2) is 17.7 Å². The summed E-state index contributed by atoms with van der Waals surface area (Å²) in [6, 6.07) is 1.63. The fraction of sp³-hybridized carbons (Fsp3) is 0.500. The van der Waals surface area contributed by atoms with Crippen molar-refractivity contribution in [1.29, 1.82) is 0 Å². The molecule has 0 atom stereocenters. The van der Waals surface area contributed by atoms with E-state index in [0.717, 1.165) is 5.69 Å². The average Bonchev–Trinajstić information content (AvgIpc) is 2.15. The molecule has 5 heteroatoms. The summed E-state index contributed by atoms with van der Waals surface area (Å²) in [5.41, 5.74) is 0.794. The molecular formula is C10H11F2NO2. The van der Waals surface area contributed by atoms with Crippen molar-refractivity contribution in [2.75, 3.05) is 6.61 Å². The maximum absolute atomic E-state index is 12.8. The largest absolute Gasteiger partial charge is 0.479 e. The zero-order valence-corrected chi connectivity index (χ0v) is 8.46. The quantitative estimate of drug-likeness (QED) is 0.721. The van der Waals surface area contributed by atoms with E-state index in [4.69, 9.17) is 4.74 Å². The number of alkyl halides is 2. The summed E-state index contributed by atoms with van der Waals surface area (Å²) >= 11 is 0. The minimum Gasteiger partial charge on any atom is -0.479 e. The van der Waals surface area contributed by atoms with Crippen molar-refractivity contribution >= 4 is 0 Å². The monoisotopic (exact) mass is 215 g/mol. The van der Waals surface area contributed by atoms with E-state index < -0.39 is 12.7 Å². The smallest absolute Gasteiger partial charge is 0.433 e. The SMILES string of the molecule is CC(C)c1cc2c(cn1)OC(F)(F)CO2. The molecule has 2 rings (SSSR count). The number of pyridine rings is 1. The maximum Gasteiger partial charge on any atom is 0.433 e. The molecule has 1 aromatic heterocycles. The van der Waals surface area contributed by atoms with Crippen LogP contribution in [0.25, 0.3) is 0 Å². The van der Waals surface area contributed by atoms with E-state index in [2.05, 4.69) is 9.72 Å². The number of ether oxygens (including phenoxy) is 2. The standard InChI is InChI=1S/C10H11F2NO2/c1-6(2)7-3-8-9(4-13-7)15-10(11,12)5-14-8/h3-4,6H,5H2,1-2H3. The molecule has 0 radical (unpaired) electrons. The lowest BCUT2D eigenvalue weighted by atomic mass is 10.1. The Labute approximate surface area is 86.0 Å². The second kappa shape index (κ2) is 3.32. The highest BCUT2D eigenvalue weighted by Gasteiger charge is 2.38. The van der Waals surface area contributed by atoms with Crippen LogP contribution in [0.2, 0.25) is 0 Å². The number of hydrogen-bond acceptors (Lipinski definition) is 3. The fourth-order valence-electron chi connectivity index (χ4n) is 1.30. The summed E-state index contributed by atoms with van der Waals surface area (Å²) in [4.78, 5) is 4.02. The molecule has 15 heavy (non-hydrogen) atoms. The molecule has 0 aliphatic carbocycles. The molecule has 82 valence electrons. The fourth-order valence-corrected chi connectivity index (χ4v) is 1.30. The molecule has 0 saturated carbocycles. The summed E-state index contributed by atoms with van der Waals surface area (Å²) in [5.74, 6) is 0.552. The van der Waals surface area contributed by atoms with Crippen LogP contribution in [0, 0.1) is 0 Å². The number of nitrogens with zero attached hydrogens (tertiary/aromatic N) is 1. The molecule has 0 bridgehead atoms. The number of halogens is 2. The third-order valence-electron chi connectivity index (χ3n) is 2.10. The minimum atomic E-state index is -3.26. The van der Waals surface area contributed by atoms with Gasteiger partial charge in [-0.25, -0.2) is 0 Å². The van der Waals surface area contributed by atoms with Gasteiger partial charge >= 0.3 is 6.11 Å². The van der Waals surface area contributed by atoms with E-state index in [1.54, 1.807) is 6.07 Å². The topological polar surface area (TPSA) is 31.4 Å². The van der Waals surface area contributed by atoms with Gasteiger partial charge in [0.2, 0.25) is 0 Å². The summed E-state index contributed by atoms with van der Waals surface area (Å²) in [5, 5.41) is 0. The van der Waals surface area contributed by atoms with Gasteiger partial charge in [0.25, 0.3) is 0 Å². The lowest BCUT2D eigenvalue weighted by Gasteiger charge is -2.25. The number of fused-ring (bicyclic) bond motifs is 1. The van der Waals surface area contributed by atoms with Gasteiger partial charge in [0.15, 0.2) is 18.1 Å². The molecule has 3 nitrogen and oxygen atoms in total. The molecule has 0 aromatic carbocycles. The van der Waals surface area contributed by atoms with E-state index in [1.165, 1.54) is 6.20 Å². The predicted molar refractivity (Wildman–Crippen MR) is 49.4 cm³/mol. The third-order valence-corrected chi connectivity index (χ3v) is 2.10. The van der Waals surface area contributed by atoms with Crippen molar-refractivity contribution < 1.29 is 18.3 Å². The Morgan fingerprint density at radius 3 is 2.80 bits per heavy atom. The molecule has 1 aliphatic heterocycles. The van der Waals surface area contributed by atoms with Gasteiger partial charge in [-0.15, -0.1) is 0 Å². The van der Waals surface area contributed by atoms with Crippen LogP contribution in [0.15, 0.2) is 12.3 Å². The van der Waals surface area contributed by atoms with Crippen molar-refractivity contribution in [3.63, 3.8) is 0 Å². The van der Waals surface area contributed by atoms with E-state index >= 15 is 0 Å². The van der Waals surface area contributed by atoms with Gasteiger partial charge in [-0.2, -0.15) is 8.78 Å². The molecule has 2 heterocycles. The zero-order chi connectivity index (χ0) is 11.1. The Morgan fingerprint density at radius 1 is 1.40 bits per heavy atom. The summed E-state index contributed by atoms with van der Waals surface area (Å²) in [6.45, 7) is 3.18. The van der Waals surface area contributed by atoms with Crippen LogP contribution in [-0.2, 0) is 0 Å². The Bertz CT molecular complexity index is 380. The molecule has 0 saturated heterocycles. The summed E-state index contributed by atoms with van der Waals surface area (Å²) in [6.07, 6.45) is -1.98. The average molecular weight is 215 g/mol. The minimum absolute atomic E-state index is 0.00403. The summed E-state index contributed by atoms with van der Waals surface area (Å²) in [7, 11) is 0. The van der Waals surface area contributed by atoms with Gasteiger partial charge < -0.3 is 9.47 Å². The molecule has 0 fully saturated rings. The Balaban J connectivity index is 2.32. The molecular weight excluding hydrogens is 204 g/mol. The highest BCUT2D eigenvalue weighted by Crippen LogP contribution is 2.37. The molecule has 1 aromatic rings. The first-order valence-corrected chi connectivity index (χ1v) is 4.67. The zero-order valence-electron chi connectivity index (χ0n) is 8.46. The van der Waals surface area contributed by atoms with Gasteiger partial charge in [0.05, 0.1) is 6.20 Å². The second-order valence-electron chi connectivity index (χ2n) is 3.74. The molecule has 0 unspecified atom stereocenters. The first kappa shape index (κ1) is 10.1. The van der Waals surface area contributed by atoms with Gasteiger partial charge in [-0.1, -0.05) is 13.8 Å². The predicted octanol–water partition coefficient (Wildman–Crippen LogP) is 2.57. The Morgan fingerprint density at radius 2 is 2.13 bits per heavy atom.